The molecular formula is C8H7BrFIO. The molecule has 0 atom stereocenters. The van der Waals surface area contributed by atoms with Crippen LogP contribution in [0.25, 0.3) is 0 Å². The highest BCUT2D eigenvalue weighted by molar-refractivity contribution is 14.1. The van der Waals surface area contributed by atoms with E-state index in [0.29, 0.717) is 5.75 Å². The summed E-state index contributed by atoms with van der Waals surface area (Å²) in [5.74, 6) is -0.0179. The molecule has 0 heterocycles. The predicted molar refractivity (Wildman–Crippen MR) is 58.1 cm³/mol. The van der Waals surface area contributed by atoms with Gasteiger partial charge in [-0.05, 0) is 41.1 Å². The zero-order chi connectivity index (χ0) is 9.30. The summed E-state index contributed by atoms with van der Waals surface area (Å²) < 4.78 is 19.6. The van der Waals surface area contributed by atoms with Crippen LogP contribution in [0, 0.1) is 16.3 Å². The van der Waals surface area contributed by atoms with Gasteiger partial charge in [0.2, 0.25) is 0 Å². The second-order valence-corrected chi connectivity index (χ2v) is 4.25. The Balaban J connectivity index is 3.40. The van der Waals surface area contributed by atoms with E-state index in [1.54, 1.807) is 0 Å². The molecule has 0 fully saturated rings. The number of ether oxygens (including phenoxy) is 1. The van der Waals surface area contributed by atoms with Gasteiger partial charge in [0, 0.05) is 4.47 Å². The summed E-state index contributed by atoms with van der Waals surface area (Å²) in [6.07, 6.45) is 0. The lowest BCUT2D eigenvalue weighted by atomic mass is 10.2. The van der Waals surface area contributed by atoms with Crippen LogP contribution in [0.4, 0.5) is 4.39 Å². The maximum atomic E-state index is 13.1. The Morgan fingerprint density at radius 1 is 1.58 bits per heavy atom. The molecule has 0 N–H and O–H groups in total. The van der Waals surface area contributed by atoms with Gasteiger partial charge in [-0.2, -0.15) is 0 Å². The fraction of sp³-hybridized carbons (Fsp3) is 0.250. The molecule has 12 heavy (non-hydrogen) atoms. The first-order valence-electron chi connectivity index (χ1n) is 3.26. The Morgan fingerprint density at radius 3 is 2.67 bits per heavy atom. The van der Waals surface area contributed by atoms with Gasteiger partial charge in [0.05, 0.1) is 10.7 Å². The van der Waals surface area contributed by atoms with Crippen LogP contribution in [0.15, 0.2) is 10.5 Å². The van der Waals surface area contributed by atoms with E-state index in [4.69, 9.17) is 4.74 Å². The Bertz CT molecular complexity index is 314. The zero-order valence-electron chi connectivity index (χ0n) is 6.62. The van der Waals surface area contributed by atoms with Crippen molar-refractivity contribution in [2.24, 2.45) is 0 Å². The highest BCUT2D eigenvalue weighted by Crippen LogP contribution is 2.32. The molecule has 0 unspecified atom stereocenters. The first kappa shape index (κ1) is 10.2. The summed E-state index contributed by atoms with van der Waals surface area (Å²) in [5.41, 5.74) is 0.994. The maximum Gasteiger partial charge on any atom is 0.168 e. The van der Waals surface area contributed by atoms with E-state index in [-0.39, 0.29) is 5.82 Å². The predicted octanol–water partition coefficient (Wildman–Crippen LogP) is 3.51. The van der Waals surface area contributed by atoms with E-state index in [1.807, 2.05) is 6.92 Å². The zero-order valence-corrected chi connectivity index (χ0v) is 10.4. The van der Waals surface area contributed by atoms with Crippen LogP contribution in [0.2, 0.25) is 0 Å². The Labute approximate surface area is 92.6 Å². The van der Waals surface area contributed by atoms with Gasteiger partial charge >= 0.3 is 0 Å². The average molecular weight is 345 g/mol. The number of halogens is 3. The van der Waals surface area contributed by atoms with Crippen LogP contribution in [0.5, 0.6) is 5.75 Å². The van der Waals surface area contributed by atoms with E-state index < -0.39 is 0 Å². The van der Waals surface area contributed by atoms with Crippen molar-refractivity contribution in [1.29, 1.82) is 0 Å². The quantitative estimate of drug-likeness (QED) is 0.708. The molecule has 0 saturated heterocycles. The molecule has 0 spiro atoms. The molecule has 1 aromatic rings. The second-order valence-electron chi connectivity index (χ2n) is 2.31. The number of rotatable bonds is 1. The molecule has 0 aliphatic rings. The van der Waals surface area contributed by atoms with Gasteiger partial charge in [-0.15, -0.1) is 0 Å². The maximum absolute atomic E-state index is 13.1. The molecule has 0 aromatic heterocycles. The summed E-state index contributed by atoms with van der Waals surface area (Å²) in [6, 6.07) is 1.41. The van der Waals surface area contributed by atoms with Gasteiger partial charge in [0.25, 0.3) is 0 Å². The smallest absolute Gasteiger partial charge is 0.168 e. The first-order valence-corrected chi connectivity index (χ1v) is 5.13. The lowest BCUT2D eigenvalue weighted by Crippen LogP contribution is -1.94. The number of benzene rings is 1. The van der Waals surface area contributed by atoms with Gasteiger partial charge in [-0.1, -0.05) is 15.9 Å². The van der Waals surface area contributed by atoms with Crippen LogP contribution >= 0.6 is 38.5 Å². The fourth-order valence-corrected chi connectivity index (χ4v) is 2.39. The standard InChI is InChI=1S/C8H7BrFIO/c1-4-5(9)3-6(10)8(12-2)7(4)11/h3H,1-2H3. The van der Waals surface area contributed by atoms with Crippen molar-refractivity contribution in [2.45, 2.75) is 6.92 Å². The normalized spacial score (nSPS) is 10.1. The van der Waals surface area contributed by atoms with Crippen LogP contribution in [-0.2, 0) is 0 Å². The van der Waals surface area contributed by atoms with Crippen LogP contribution in [0.1, 0.15) is 5.56 Å². The monoisotopic (exact) mass is 344 g/mol. The van der Waals surface area contributed by atoms with Gasteiger partial charge in [-0.25, -0.2) is 4.39 Å². The Hall–Kier alpha value is 0.160. The van der Waals surface area contributed by atoms with Gasteiger partial charge in [0.15, 0.2) is 11.6 Å². The van der Waals surface area contributed by atoms with Crippen molar-refractivity contribution in [3.8, 4) is 5.75 Å². The average Bonchev–Trinajstić information content (AvgIpc) is 2.01. The summed E-state index contributed by atoms with van der Waals surface area (Å²) in [5, 5.41) is 0. The molecule has 66 valence electrons. The highest BCUT2D eigenvalue weighted by atomic mass is 127. The molecular weight excluding hydrogens is 338 g/mol. The summed E-state index contributed by atoms with van der Waals surface area (Å²) in [7, 11) is 1.47. The van der Waals surface area contributed by atoms with Crippen molar-refractivity contribution in [3.05, 3.63) is 25.5 Å². The SMILES string of the molecule is COc1c(F)cc(Br)c(C)c1I. The van der Waals surface area contributed by atoms with Gasteiger partial charge < -0.3 is 4.74 Å². The molecule has 1 nitrogen and oxygen atoms in total. The van der Waals surface area contributed by atoms with Crippen LogP contribution < -0.4 is 4.74 Å². The molecule has 0 radical (unpaired) electrons. The summed E-state index contributed by atoms with van der Waals surface area (Å²) in [6.45, 7) is 1.91. The topological polar surface area (TPSA) is 9.23 Å². The molecule has 0 bridgehead atoms. The lowest BCUT2D eigenvalue weighted by Gasteiger charge is -2.08. The Morgan fingerprint density at radius 2 is 2.17 bits per heavy atom. The number of hydrogen-bond acceptors (Lipinski definition) is 1. The molecule has 0 amide bonds. The van der Waals surface area contributed by atoms with Gasteiger partial charge in [0.1, 0.15) is 0 Å². The lowest BCUT2D eigenvalue weighted by molar-refractivity contribution is 0.382. The molecule has 1 rings (SSSR count). The van der Waals surface area contributed by atoms with E-state index in [9.17, 15) is 4.39 Å². The van der Waals surface area contributed by atoms with E-state index >= 15 is 0 Å². The molecule has 0 aliphatic carbocycles. The van der Waals surface area contributed by atoms with Crippen molar-refractivity contribution < 1.29 is 9.13 Å². The molecule has 4 heteroatoms. The summed E-state index contributed by atoms with van der Waals surface area (Å²) >= 11 is 5.32. The fourth-order valence-electron chi connectivity index (χ4n) is 0.852. The van der Waals surface area contributed by atoms with E-state index in [2.05, 4.69) is 38.5 Å². The molecule has 1 aromatic carbocycles. The van der Waals surface area contributed by atoms with Crippen molar-refractivity contribution in [1.82, 2.24) is 0 Å². The third kappa shape index (κ3) is 1.74. The van der Waals surface area contributed by atoms with Crippen molar-refractivity contribution >= 4 is 38.5 Å². The minimum absolute atomic E-state index is 0.316. The van der Waals surface area contributed by atoms with E-state index in [1.165, 1.54) is 13.2 Å². The van der Waals surface area contributed by atoms with Crippen molar-refractivity contribution in [3.63, 3.8) is 0 Å². The van der Waals surface area contributed by atoms with E-state index in [0.717, 1.165) is 13.6 Å². The van der Waals surface area contributed by atoms with Crippen LogP contribution in [-0.4, -0.2) is 7.11 Å². The highest BCUT2D eigenvalue weighted by Gasteiger charge is 2.12. The first-order chi connectivity index (χ1) is 5.57. The minimum atomic E-state index is -0.334. The molecule has 0 aliphatic heterocycles. The third-order valence-corrected chi connectivity index (χ3v) is 3.68. The number of hydrogen-bond donors (Lipinski definition) is 0. The minimum Gasteiger partial charge on any atom is -0.493 e. The van der Waals surface area contributed by atoms with Crippen molar-refractivity contribution in [2.75, 3.05) is 7.11 Å². The van der Waals surface area contributed by atoms with Crippen LogP contribution in [0.3, 0.4) is 0 Å². The van der Waals surface area contributed by atoms with Gasteiger partial charge in [-0.3, -0.25) is 0 Å². The Kier molecular flexibility index (Phi) is 3.34. The molecule has 0 saturated carbocycles. The third-order valence-electron chi connectivity index (χ3n) is 1.56. The summed E-state index contributed by atoms with van der Waals surface area (Å²) in [4.78, 5) is 0. The second kappa shape index (κ2) is 3.91. The number of methoxy groups -OCH3 is 1. The largest absolute Gasteiger partial charge is 0.493 e.